The summed E-state index contributed by atoms with van der Waals surface area (Å²) in [4.78, 5) is 12.2. The van der Waals surface area contributed by atoms with Crippen molar-refractivity contribution in [3.63, 3.8) is 0 Å². The maximum absolute atomic E-state index is 12.2. The number of benzene rings is 2. The fourth-order valence-corrected chi connectivity index (χ4v) is 2.28. The van der Waals surface area contributed by atoms with Crippen molar-refractivity contribution in [1.29, 1.82) is 0 Å². The Morgan fingerprint density at radius 1 is 0.857 bits per heavy atom. The lowest BCUT2D eigenvalue weighted by molar-refractivity contribution is 0.278. The second-order valence-electron chi connectivity index (χ2n) is 4.69. The zero-order valence-corrected chi connectivity index (χ0v) is 11.3. The maximum Gasteiger partial charge on any atom is 0.344 e. The molecule has 2 aromatic carbocycles. The highest BCUT2D eigenvalue weighted by Gasteiger charge is 2.13. The van der Waals surface area contributed by atoms with Crippen LogP contribution in [0.2, 0.25) is 0 Å². The Morgan fingerprint density at radius 3 is 2.00 bits per heavy atom. The summed E-state index contributed by atoms with van der Waals surface area (Å²) in [5.41, 5.74) is 2.20. The Labute approximate surface area is 122 Å². The minimum absolute atomic E-state index is 0.187. The summed E-state index contributed by atoms with van der Waals surface area (Å²) in [5.74, 6) is 0.419. The molecule has 3 heteroatoms. The molecule has 0 aliphatic heterocycles. The van der Waals surface area contributed by atoms with Gasteiger partial charge in [0.2, 0.25) is 0 Å². The van der Waals surface area contributed by atoms with Crippen LogP contribution in [0, 0.1) is 0 Å². The number of hydrogen-bond acceptors (Lipinski definition) is 3. The van der Waals surface area contributed by atoms with Crippen LogP contribution in [0.25, 0.3) is 22.5 Å². The van der Waals surface area contributed by atoms with E-state index in [0.717, 1.165) is 11.1 Å². The van der Waals surface area contributed by atoms with Gasteiger partial charge in [0.05, 0.1) is 12.2 Å². The van der Waals surface area contributed by atoms with Gasteiger partial charge in [-0.05, 0) is 11.6 Å². The van der Waals surface area contributed by atoms with E-state index < -0.39 is 5.63 Å². The lowest BCUT2D eigenvalue weighted by Crippen LogP contribution is -2.06. The molecule has 0 saturated heterocycles. The quantitative estimate of drug-likeness (QED) is 0.798. The summed E-state index contributed by atoms with van der Waals surface area (Å²) in [7, 11) is 0. The lowest BCUT2D eigenvalue weighted by atomic mass is 10.0. The van der Waals surface area contributed by atoms with Gasteiger partial charge in [-0.2, -0.15) is 0 Å². The van der Waals surface area contributed by atoms with Crippen molar-refractivity contribution in [2.75, 3.05) is 0 Å². The van der Waals surface area contributed by atoms with Crippen LogP contribution in [0.1, 0.15) is 5.56 Å². The van der Waals surface area contributed by atoms with E-state index in [4.69, 9.17) is 4.42 Å². The first-order valence-electron chi connectivity index (χ1n) is 6.68. The molecule has 0 unspecified atom stereocenters. The molecule has 0 saturated carbocycles. The van der Waals surface area contributed by atoms with Crippen molar-refractivity contribution in [2.24, 2.45) is 0 Å². The van der Waals surface area contributed by atoms with Gasteiger partial charge >= 0.3 is 5.63 Å². The fraction of sp³-hybridized carbons (Fsp3) is 0.0556. The standard InChI is InChI=1S/C18H14O3/c19-12-15-11-16(13-7-3-1-4-8-13)18(20)21-17(15)14-9-5-2-6-10-14/h1-11,19H,12H2. The SMILES string of the molecule is O=c1oc(-c2ccccc2)c(CO)cc1-c1ccccc1. The second kappa shape index (κ2) is 5.77. The first-order valence-corrected chi connectivity index (χ1v) is 6.68. The monoisotopic (exact) mass is 278 g/mol. The third kappa shape index (κ3) is 2.64. The van der Waals surface area contributed by atoms with Crippen molar-refractivity contribution in [3.8, 4) is 22.5 Å². The predicted octanol–water partition coefficient (Wildman–Crippen LogP) is 3.47. The molecule has 0 aliphatic rings. The molecule has 0 spiro atoms. The predicted molar refractivity (Wildman–Crippen MR) is 81.8 cm³/mol. The Morgan fingerprint density at radius 2 is 1.43 bits per heavy atom. The molecular weight excluding hydrogens is 264 g/mol. The summed E-state index contributed by atoms with van der Waals surface area (Å²) in [6.07, 6.45) is 0. The molecule has 3 nitrogen and oxygen atoms in total. The Kier molecular flexibility index (Phi) is 3.67. The topological polar surface area (TPSA) is 50.4 Å². The molecule has 104 valence electrons. The van der Waals surface area contributed by atoms with Gasteiger partial charge in [0.1, 0.15) is 5.76 Å². The Bertz CT molecular complexity index is 790. The van der Waals surface area contributed by atoms with E-state index in [1.54, 1.807) is 6.07 Å². The van der Waals surface area contributed by atoms with Gasteiger partial charge in [-0.3, -0.25) is 0 Å². The molecule has 3 rings (SSSR count). The van der Waals surface area contributed by atoms with Crippen LogP contribution in [0.5, 0.6) is 0 Å². The van der Waals surface area contributed by atoms with E-state index in [1.807, 2.05) is 60.7 Å². The fourth-order valence-electron chi connectivity index (χ4n) is 2.28. The normalized spacial score (nSPS) is 10.5. The van der Waals surface area contributed by atoms with Crippen molar-refractivity contribution >= 4 is 0 Å². The van der Waals surface area contributed by atoms with Crippen LogP contribution in [-0.4, -0.2) is 5.11 Å². The van der Waals surface area contributed by atoms with Crippen molar-refractivity contribution in [3.05, 3.63) is 82.7 Å². The third-order valence-corrected chi connectivity index (χ3v) is 3.32. The summed E-state index contributed by atoms with van der Waals surface area (Å²) in [6.45, 7) is -0.187. The minimum Gasteiger partial charge on any atom is -0.422 e. The second-order valence-corrected chi connectivity index (χ2v) is 4.69. The van der Waals surface area contributed by atoms with E-state index in [9.17, 15) is 9.90 Å². The van der Waals surface area contributed by atoms with Crippen LogP contribution in [0.15, 0.2) is 75.9 Å². The highest BCUT2D eigenvalue weighted by molar-refractivity contribution is 5.68. The van der Waals surface area contributed by atoms with Gasteiger partial charge in [-0.1, -0.05) is 60.7 Å². The van der Waals surface area contributed by atoms with Crippen molar-refractivity contribution in [2.45, 2.75) is 6.61 Å². The van der Waals surface area contributed by atoms with E-state index in [-0.39, 0.29) is 6.61 Å². The number of hydrogen-bond donors (Lipinski definition) is 1. The highest BCUT2D eigenvalue weighted by Crippen LogP contribution is 2.26. The van der Waals surface area contributed by atoms with Crippen LogP contribution >= 0.6 is 0 Å². The maximum atomic E-state index is 12.2. The average molecular weight is 278 g/mol. The number of aliphatic hydroxyl groups is 1. The van der Waals surface area contributed by atoms with Crippen molar-refractivity contribution in [1.82, 2.24) is 0 Å². The molecule has 1 aromatic heterocycles. The third-order valence-electron chi connectivity index (χ3n) is 3.32. The molecule has 0 bridgehead atoms. The molecular formula is C18H14O3. The first-order chi connectivity index (χ1) is 10.3. The largest absolute Gasteiger partial charge is 0.422 e. The zero-order chi connectivity index (χ0) is 14.7. The van der Waals surface area contributed by atoms with Gasteiger partial charge in [0, 0.05) is 11.1 Å². The molecule has 0 atom stereocenters. The van der Waals surface area contributed by atoms with E-state index >= 15 is 0 Å². The Balaban J connectivity index is 2.18. The molecule has 21 heavy (non-hydrogen) atoms. The van der Waals surface area contributed by atoms with Crippen LogP contribution < -0.4 is 5.63 Å². The molecule has 1 heterocycles. The molecule has 0 amide bonds. The Hall–Kier alpha value is -2.65. The summed E-state index contributed by atoms with van der Waals surface area (Å²) >= 11 is 0. The summed E-state index contributed by atoms with van der Waals surface area (Å²) in [6, 6.07) is 20.3. The van der Waals surface area contributed by atoms with E-state index in [2.05, 4.69) is 0 Å². The smallest absolute Gasteiger partial charge is 0.344 e. The molecule has 0 fully saturated rings. The minimum atomic E-state index is -0.405. The van der Waals surface area contributed by atoms with Gasteiger partial charge in [0.15, 0.2) is 0 Å². The number of aliphatic hydroxyl groups excluding tert-OH is 1. The first kappa shape index (κ1) is 13.3. The van der Waals surface area contributed by atoms with Gasteiger partial charge < -0.3 is 9.52 Å². The molecule has 3 aromatic rings. The molecule has 0 radical (unpaired) electrons. The average Bonchev–Trinajstić information content (AvgIpc) is 2.56. The van der Waals surface area contributed by atoms with Crippen molar-refractivity contribution < 1.29 is 9.52 Å². The van der Waals surface area contributed by atoms with Crippen LogP contribution in [-0.2, 0) is 6.61 Å². The van der Waals surface area contributed by atoms with Gasteiger partial charge in [0.25, 0.3) is 0 Å². The summed E-state index contributed by atoms with van der Waals surface area (Å²) < 4.78 is 5.46. The van der Waals surface area contributed by atoms with Gasteiger partial charge in [-0.15, -0.1) is 0 Å². The molecule has 0 aliphatic carbocycles. The number of rotatable bonds is 3. The molecule has 1 N–H and O–H groups in total. The van der Waals surface area contributed by atoms with E-state index in [1.165, 1.54) is 0 Å². The van der Waals surface area contributed by atoms with Gasteiger partial charge in [-0.25, -0.2) is 4.79 Å². The van der Waals surface area contributed by atoms with Crippen LogP contribution in [0.3, 0.4) is 0 Å². The zero-order valence-electron chi connectivity index (χ0n) is 11.3. The summed E-state index contributed by atoms with van der Waals surface area (Å²) in [5, 5.41) is 9.58. The van der Waals surface area contributed by atoms with Crippen LogP contribution in [0.4, 0.5) is 0 Å². The lowest BCUT2D eigenvalue weighted by Gasteiger charge is -2.08. The highest BCUT2D eigenvalue weighted by atomic mass is 16.4. The van der Waals surface area contributed by atoms with E-state index in [0.29, 0.717) is 16.9 Å².